The van der Waals surface area contributed by atoms with Gasteiger partial charge in [-0.2, -0.15) is 0 Å². The van der Waals surface area contributed by atoms with Crippen molar-refractivity contribution in [3.05, 3.63) is 95.3 Å². The molecule has 1 saturated heterocycles. The number of hydrogen-bond acceptors (Lipinski definition) is 4. The minimum absolute atomic E-state index is 0.0401. The van der Waals surface area contributed by atoms with E-state index in [0.717, 1.165) is 29.7 Å². The average Bonchev–Trinajstić information content (AvgIpc) is 2.79. The normalized spacial score (nSPS) is 15.2. The van der Waals surface area contributed by atoms with Gasteiger partial charge in [-0.05, 0) is 60.9 Å². The molecule has 0 aliphatic carbocycles. The van der Waals surface area contributed by atoms with Crippen molar-refractivity contribution in [3.8, 4) is 0 Å². The van der Waals surface area contributed by atoms with Crippen LogP contribution in [0.4, 0.5) is 11.4 Å². The largest absolute Gasteiger partial charge is 0.397 e. The lowest BCUT2D eigenvalue weighted by molar-refractivity contribution is -0.129. The standard InChI is InChI=1S/C25H24N4O2/c26-22-8-1-2-9-23(22)28-24(30)19-12-10-18(11-13-19)17-29-15-5-6-20(25(29)31)16-21-7-3-4-14-27-21/h1-4,7-14,16H,5-6,15,17,26H2,(H,28,30)/b20-16+. The molecule has 31 heavy (non-hydrogen) atoms. The number of benzene rings is 2. The molecule has 2 aromatic carbocycles. The molecule has 6 nitrogen and oxygen atoms in total. The molecule has 0 atom stereocenters. The highest BCUT2D eigenvalue weighted by Gasteiger charge is 2.23. The summed E-state index contributed by atoms with van der Waals surface area (Å²) >= 11 is 0. The summed E-state index contributed by atoms with van der Waals surface area (Å²) < 4.78 is 0. The first kappa shape index (κ1) is 20.3. The second-order valence-corrected chi connectivity index (χ2v) is 7.49. The molecule has 0 bridgehead atoms. The first-order chi connectivity index (χ1) is 15.1. The molecule has 4 rings (SSSR count). The van der Waals surface area contributed by atoms with Gasteiger partial charge >= 0.3 is 0 Å². The van der Waals surface area contributed by atoms with E-state index in [0.29, 0.717) is 30.0 Å². The van der Waals surface area contributed by atoms with Crippen LogP contribution in [0.15, 0.2) is 78.5 Å². The lowest BCUT2D eigenvalue weighted by Gasteiger charge is -2.28. The Bertz CT molecular complexity index is 1110. The van der Waals surface area contributed by atoms with Gasteiger partial charge in [0.15, 0.2) is 0 Å². The predicted molar refractivity (Wildman–Crippen MR) is 122 cm³/mol. The van der Waals surface area contributed by atoms with Gasteiger partial charge in [0.1, 0.15) is 0 Å². The van der Waals surface area contributed by atoms with Crippen molar-refractivity contribution < 1.29 is 9.59 Å². The van der Waals surface area contributed by atoms with E-state index in [2.05, 4.69) is 10.3 Å². The number of hydrogen-bond donors (Lipinski definition) is 2. The van der Waals surface area contributed by atoms with E-state index in [-0.39, 0.29) is 11.8 Å². The van der Waals surface area contributed by atoms with E-state index in [9.17, 15) is 9.59 Å². The number of para-hydroxylation sites is 2. The molecule has 0 saturated carbocycles. The van der Waals surface area contributed by atoms with E-state index >= 15 is 0 Å². The van der Waals surface area contributed by atoms with Crippen molar-refractivity contribution in [2.24, 2.45) is 0 Å². The molecule has 0 spiro atoms. The van der Waals surface area contributed by atoms with Crippen LogP contribution in [-0.2, 0) is 11.3 Å². The number of anilines is 2. The summed E-state index contributed by atoms with van der Waals surface area (Å²) in [6.45, 7) is 1.22. The van der Waals surface area contributed by atoms with Gasteiger partial charge in [-0.1, -0.05) is 30.3 Å². The zero-order valence-corrected chi connectivity index (χ0v) is 17.1. The fourth-order valence-corrected chi connectivity index (χ4v) is 3.58. The van der Waals surface area contributed by atoms with Crippen LogP contribution < -0.4 is 11.1 Å². The summed E-state index contributed by atoms with van der Waals surface area (Å²) in [6.07, 6.45) is 5.27. The van der Waals surface area contributed by atoms with Gasteiger partial charge in [-0.25, -0.2) is 0 Å². The highest BCUT2D eigenvalue weighted by atomic mass is 16.2. The quantitative estimate of drug-likeness (QED) is 0.487. The number of nitrogen functional groups attached to an aromatic ring is 1. The molecule has 1 fully saturated rings. The van der Waals surface area contributed by atoms with Crippen LogP contribution in [0.25, 0.3) is 6.08 Å². The van der Waals surface area contributed by atoms with Crippen molar-refractivity contribution in [3.63, 3.8) is 0 Å². The highest BCUT2D eigenvalue weighted by Crippen LogP contribution is 2.22. The Kier molecular flexibility index (Phi) is 6.08. The molecular formula is C25H24N4O2. The smallest absolute Gasteiger partial charge is 0.255 e. The zero-order chi connectivity index (χ0) is 21.6. The summed E-state index contributed by atoms with van der Waals surface area (Å²) in [5, 5.41) is 2.82. The van der Waals surface area contributed by atoms with Crippen LogP contribution in [0.5, 0.6) is 0 Å². The molecule has 1 aromatic heterocycles. The minimum atomic E-state index is -0.223. The number of aromatic nitrogens is 1. The molecule has 6 heteroatoms. The maximum absolute atomic E-state index is 12.9. The third kappa shape index (κ3) is 4.98. The molecule has 2 heterocycles. The van der Waals surface area contributed by atoms with Crippen LogP contribution in [0.2, 0.25) is 0 Å². The minimum Gasteiger partial charge on any atom is -0.397 e. The number of pyridine rings is 1. The fraction of sp³-hybridized carbons (Fsp3) is 0.160. The maximum atomic E-state index is 12.9. The van der Waals surface area contributed by atoms with E-state index in [1.807, 2.05) is 53.4 Å². The summed E-state index contributed by atoms with van der Waals surface area (Å²) in [5.74, 6) is -0.183. The molecule has 0 radical (unpaired) electrons. The molecule has 3 aromatic rings. The number of nitrogens with one attached hydrogen (secondary N) is 1. The number of carbonyl (C=O) groups is 2. The summed E-state index contributed by atoms with van der Waals surface area (Å²) in [6, 6.07) is 20.1. The van der Waals surface area contributed by atoms with Crippen LogP contribution in [0.3, 0.4) is 0 Å². The first-order valence-corrected chi connectivity index (χ1v) is 10.3. The number of nitrogens with zero attached hydrogens (tertiary/aromatic N) is 2. The molecule has 1 aliphatic heterocycles. The van der Waals surface area contributed by atoms with Crippen molar-refractivity contribution in [1.82, 2.24) is 9.88 Å². The van der Waals surface area contributed by atoms with Crippen LogP contribution >= 0.6 is 0 Å². The predicted octanol–water partition coefficient (Wildman–Crippen LogP) is 4.12. The van der Waals surface area contributed by atoms with Crippen molar-refractivity contribution in [1.29, 1.82) is 0 Å². The Hall–Kier alpha value is -3.93. The number of amides is 2. The van der Waals surface area contributed by atoms with E-state index in [1.165, 1.54) is 0 Å². The summed E-state index contributed by atoms with van der Waals surface area (Å²) in [5.41, 5.74) is 10.1. The van der Waals surface area contributed by atoms with E-state index in [4.69, 9.17) is 5.73 Å². The van der Waals surface area contributed by atoms with Crippen molar-refractivity contribution in [2.45, 2.75) is 19.4 Å². The van der Waals surface area contributed by atoms with Crippen LogP contribution in [-0.4, -0.2) is 28.2 Å². The van der Waals surface area contributed by atoms with Gasteiger partial charge in [-0.15, -0.1) is 0 Å². The van der Waals surface area contributed by atoms with Crippen molar-refractivity contribution in [2.75, 3.05) is 17.6 Å². The van der Waals surface area contributed by atoms with Gasteiger partial charge < -0.3 is 16.0 Å². The van der Waals surface area contributed by atoms with E-state index in [1.54, 1.807) is 30.5 Å². The van der Waals surface area contributed by atoms with Gasteiger partial charge in [0.25, 0.3) is 5.91 Å². The van der Waals surface area contributed by atoms with Gasteiger partial charge in [0.05, 0.1) is 17.1 Å². The maximum Gasteiger partial charge on any atom is 0.255 e. The number of likely N-dealkylation sites (tertiary alicyclic amines) is 1. The Labute approximate surface area is 181 Å². The van der Waals surface area contributed by atoms with Gasteiger partial charge in [0, 0.05) is 30.4 Å². The number of piperidine rings is 1. The Balaban J connectivity index is 1.41. The second-order valence-electron chi connectivity index (χ2n) is 7.49. The van der Waals surface area contributed by atoms with E-state index < -0.39 is 0 Å². The zero-order valence-electron chi connectivity index (χ0n) is 17.1. The Morgan fingerprint density at radius 1 is 1.06 bits per heavy atom. The molecular weight excluding hydrogens is 388 g/mol. The third-order valence-electron chi connectivity index (χ3n) is 5.24. The fourth-order valence-electron chi connectivity index (χ4n) is 3.58. The SMILES string of the molecule is Nc1ccccc1NC(=O)c1ccc(CN2CCC/C(=C\c3ccccn3)C2=O)cc1. The summed E-state index contributed by atoms with van der Waals surface area (Å²) in [4.78, 5) is 31.5. The lowest BCUT2D eigenvalue weighted by atomic mass is 10.0. The Morgan fingerprint density at radius 3 is 2.58 bits per heavy atom. The topological polar surface area (TPSA) is 88.3 Å². The van der Waals surface area contributed by atoms with Crippen LogP contribution in [0.1, 0.15) is 34.5 Å². The van der Waals surface area contributed by atoms with Gasteiger partial charge in [0.2, 0.25) is 5.91 Å². The average molecular weight is 412 g/mol. The first-order valence-electron chi connectivity index (χ1n) is 10.3. The number of carbonyl (C=O) groups excluding carboxylic acids is 2. The number of rotatable bonds is 5. The van der Waals surface area contributed by atoms with Crippen LogP contribution in [0, 0.1) is 0 Å². The Morgan fingerprint density at radius 2 is 1.84 bits per heavy atom. The highest BCUT2D eigenvalue weighted by molar-refractivity contribution is 6.05. The summed E-state index contributed by atoms with van der Waals surface area (Å²) in [7, 11) is 0. The van der Waals surface area contributed by atoms with Crippen molar-refractivity contribution >= 4 is 29.3 Å². The monoisotopic (exact) mass is 412 g/mol. The molecule has 3 N–H and O–H groups in total. The number of nitrogens with two attached hydrogens (primary N) is 1. The molecule has 1 aliphatic rings. The second kappa shape index (κ2) is 9.26. The molecule has 0 unspecified atom stereocenters. The van der Waals surface area contributed by atoms with Gasteiger partial charge in [-0.3, -0.25) is 14.6 Å². The molecule has 156 valence electrons. The molecule has 2 amide bonds. The third-order valence-corrected chi connectivity index (χ3v) is 5.24. The lowest BCUT2D eigenvalue weighted by Crippen LogP contribution is -2.36.